The molecule has 0 radical (unpaired) electrons. The van der Waals surface area contributed by atoms with Gasteiger partial charge in [0.2, 0.25) is 5.76 Å². The molecule has 7 heteroatoms. The number of hydrogen-bond acceptors (Lipinski definition) is 4. The number of carbonyl (C=O) groups is 1. The summed E-state index contributed by atoms with van der Waals surface area (Å²) >= 11 is 5.77. The Labute approximate surface area is 135 Å². The fourth-order valence-electron chi connectivity index (χ4n) is 1.74. The van der Waals surface area contributed by atoms with Gasteiger partial charge < -0.3 is 14.3 Å². The zero-order valence-corrected chi connectivity index (χ0v) is 13.2. The number of ether oxygens (including phenoxy) is 1. The van der Waals surface area contributed by atoms with Crippen LogP contribution < -0.4 is 4.74 Å². The van der Waals surface area contributed by atoms with Crippen LogP contribution in [-0.4, -0.2) is 27.6 Å². The van der Waals surface area contributed by atoms with Crippen molar-refractivity contribution in [3.8, 4) is 5.75 Å². The van der Waals surface area contributed by atoms with Crippen LogP contribution in [-0.2, 0) is 16.6 Å². The third-order valence-electron chi connectivity index (χ3n) is 2.77. The van der Waals surface area contributed by atoms with Crippen molar-refractivity contribution in [3.63, 3.8) is 0 Å². The summed E-state index contributed by atoms with van der Waals surface area (Å²) in [7, 11) is -1.12. The number of rotatable bonds is 8. The molecule has 0 fully saturated rings. The average Bonchev–Trinajstić information content (AvgIpc) is 2.94. The van der Waals surface area contributed by atoms with Crippen molar-refractivity contribution >= 4 is 28.4 Å². The maximum Gasteiger partial charge on any atom is 0.371 e. The van der Waals surface area contributed by atoms with E-state index in [0.717, 1.165) is 0 Å². The molecule has 0 aliphatic heterocycles. The average molecular weight is 343 g/mol. The minimum absolute atomic E-state index is 0.141. The number of carboxylic acid groups (broad SMARTS) is 1. The summed E-state index contributed by atoms with van der Waals surface area (Å²) in [5.41, 5.74) is 0. The lowest BCUT2D eigenvalue weighted by Gasteiger charge is -2.05. The van der Waals surface area contributed by atoms with Crippen molar-refractivity contribution < 1.29 is 23.3 Å². The van der Waals surface area contributed by atoms with E-state index in [1.807, 2.05) is 0 Å². The lowest BCUT2D eigenvalue weighted by atomic mass is 10.3. The van der Waals surface area contributed by atoms with E-state index in [2.05, 4.69) is 0 Å². The third-order valence-corrected chi connectivity index (χ3v) is 4.38. The van der Waals surface area contributed by atoms with E-state index >= 15 is 0 Å². The van der Waals surface area contributed by atoms with E-state index in [-0.39, 0.29) is 11.5 Å². The number of halogens is 1. The molecule has 1 aromatic heterocycles. The second-order valence-electron chi connectivity index (χ2n) is 4.52. The summed E-state index contributed by atoms with van der Waals surface area (Å²) in [6.07, 6.45) is 0.627. The van der Waals surface area contributed by atoms with Crippen molar-refractivity contribution in [2.45, 2.75) is 12.2 Å². The summed E-state index contributed by atoms with van der Waals surface area (Å²) in [6.45, 7) is 0.450. The molecule has 0 amide bonds. The molecule has 1 atom stereocenters. The standard InChI is InChI=1S/C15H15ClO5S/c16-11-2-4-12(5-3-11)20-8-1-9-22(19)10-13-6-7-14(21-13)15(17)18/h2-7H,1,8-10H2,(H,17,18). The van der Waals surface area contributed by atoms with Gasteiger partial charge in [-0.3, -0.25) is 4.21 Å². The molecule has 118 valence electrons. The van der Waals surface area contributed by atoms with Crippen molar-refractivity contribution in [3.05, 3.63) is 52.9 Å². The van der Waals surface area contributed by atoms with Gasteiger partial charge in [-0.2, -0.15) is 0 Å². The van der Waals surface area contributed by atoms with Gasteiger partial charge in [0.25, 0.3) is 0 Å². The van der Waals surface area contributed by atoms with Gasteiger partial charge in [0.15, 0.2) is 0 Å². The van der Waals surface area contributed by atoms with E-state index in [4.69, 9.17) is 25.9 Å². The van der Waals surface area contributed by atoms with E-state index < -0.39 is 16.8 Å². The quantitative estimate of drug-likeness (QED) is 0.744. The van der Waals surface area contributed by atoms with Crippen molar-refractivity contribution in [2.75, 3.05) is 12.4 Å². The number of furan rings is 1. The van der Waals surface area contributed by atoms with Crippen LogP contribution in [0.2, 0.25) is 5.02 Å². The lowest BCUT2D eigenvalue weighted by molar-refractivity contribution is 0.0661. The van der Waals surface area contributed by atoms with Gasteiger partial charge in [-0.05, 0) is 42.8 Å². The van der Waals surface area contributed by atoms with Crippen molar-refractivity contribution in [2.24, 2.45) is 0 Å². The molecule has 1 N–H and O–H groups in total. The molecular formula is C15H15ClO5S. The molecule has 1 heterocycles. The SMILES string of the molecule is O=C(O)c1ccc(CS(=O)CCCOc2ccc(Cl)cc2)o1. The van der Waals surface area contributed by atoms with Crippen molar-refractivity contribution in [1.82, 2.24) is 0 Å². The van der Waals surface area contributed by atoms with Gasteiger partial charge in [0.05, 0.1) is 12.4 Å². The smallest absolute Gasteiger partial charge is 0.371 e. The first kappa shape index (κ1) is 16.6. The normalized spacial score (nSPS) is 12.0. The third kappa shape index (κ3) is 5.20. The predicted molar refractivity (Wildman–Crippen MR) is 83.9 cm³/mol. The van der Waals surface area contributed by atoms with E-state index in [1.165, 1.54) is 12.1 Å². The van der Waals surface area contributed by atoms with Gasteiger partial charge in [-0.15, -0.1) is 0 Å². The van der Waals surface area contributed by atoms with Crippen LogP contribution in [0.15, 0.2) is 40.8 Å². The molecule has 0 bridgehead atoms. The number of aromatic carboxylic acids is 1. The lowest BCUT2D eigenvalue weighted by Crippen LogP contribution is -2.06. The van der Waals surface area contributed by atoms with Gasteiger partial charge in [-0.1, -0.05) is 11.6 Å². The molecule has 2 rings (SSSR count). The highest BCUT2D eigenvalue weighted by atomic mass is 35.5. The van der Waals surface area contributed by atoms with Gasteiger partial charge in [0, 0.05) is 21.6 Å². The predicted octanol–water partition coefficient (Wildman–Crippen LogP) is 3.35. The zero-order valence-electron chi connectivity index (χ0n) is 11.7. The van der Waals surface area contributed by atoms with Crippen LogP contribution in [0.3, 0.4) is 0 Å². The van der Waals surface area contributed by atoms with Crippen LogP contribution >= 0.6 is 11.6 Å². The first-order chi connectivity index (χ1) is 10.5. The summed E-state index contributed by atoms with van der Waals surface area (Å²) in [5, 5.41) is 9.38. The Morgan fingerprint density at radius 1 is 1.23 bits per heavy atom. The first-order valence-corrected chi connectivity index (χ1v) is 8.46. The van der Waals surface area contributed by atoms with Crippen LogP contribution in [0.4, 0.5) is 0 Å². The minimum Gasteiger partial charge on any atom is -0.494 e. The highest BCUT2D eigenvalue weighted by molar-refractivity contribution is 7.84. The van der Waals surface area contributed by atoms with Gasteiger partial charge >= 0.3 is 5.97 Å². The molecule has 0 aliphatic carbocycles. The Bertz CT molecular complexity index is 650. The summed E-state index contributed by atoms with van der Waals surface area (Å²) in [6, 6.07) is 9.92. The largest absolute Gasteiger partial charge is 0.494 e. The second-order valence-corrected chi connectivity index (χ2v) is 6.53. The number of hydrogen-bond donors (Lipinski definition) is 1. The van der Waals surface area contributed by atoms with Crippen LogP contribution in [0, 0.1) is 0 Å². The first-order valence-electron chi connectivity index (χ1n) is 6.60. The summed E-state index contributed by atoms with van der Waals surface area (Å²) < 4.78 is 22.4. The molecule has 2 aromatic rings. The minimum atomic E-state index is -1.13. The molecular weight excluding hydrogens is 328 g/mol. The fraction of sp³-hybridized carbons (Fsp3) is 0.267. The Morgan fingerprint density at radius 3 is 2.59 bits per heavy atom. The second kappa shape index (κ2) is 8.00. The van der Waals surface area contributed by atoms with Crippen LogP contribution in [0.1, 0.15) is 22.7 Å². The highest BCUT2D eigenvalue weighted by Crippen LogP contribution is 2.16. The van der Waals surface area contributed by atoms with E-state index in [0.29, 0.717) is 35.3 Å². The monoisotopic (exact) mass is 342 g/mol. The Morgan fingerprint density at radius 2 is 1.95 bits per heavy atom. The van der Waals surface area contributed by atoms with Crippen molar-refractivity contribution in [1.29, 1.82) is 0 Å². The molecule has 1 unspecified atom stereocenters. The number of carboxylic acids is 1. The fourth-order valence-corrected chi connectivity index (χ4v) is 2.92. The van der Waals surface area contributed by atoms with Gasteiger partial charge in [0.1, 0.15) is 11.5 Å². The zero-order chi connectivity index (χ0) is 15.9. The maximum absolute atomic E-state index is 11.9. The molecule has 1 aromatic carbocycles. The Balaban J connectivity index is 1.69. The Hall–Kier alpha value is -1.79. The maximum atomic E-state index is 11.9. The van der Waals surface area contributed by atoms with Gasteiger partial charge in [-0.25, -0.2) is 4.79 Å². The molecule has 0 saturated heterocycles. The van der Waals surface area contributed by atoms with E-state index in [1.54, 1.807) is 24.3 Å². The van der Waals surface area contributed by atoms with Crippen LogP contribution in [0.5, 0.6) is 5.75 Å². The van der Waals surface area contributed by atoms with E-state index in [9.17, 15) is 9.00 Å². The summed E-state index contributed by atoms with van der Waals surface area (Å²) in [4.78, 5) is 10.7. The molecule has 22 heavy (non-hydrogen) atoms. The molecule has 0 aliphatic rings. The molecule has 0 spiro atoms. The topological polar surface area (TPSA) is 76.7 Å². The molecule has 5 nitrogen and oxygen atoms in total. The van der Waals surface area contributed by atoms with Crippen LogP contribution in [0.25, 0.3) is 0 Å². The highest BCUT2D eigenvalue weighted by Gasteiger charge is 2.11. The Kier molecular flexibility index (Phi) is 6.03. The summed E-state index contributed by atoms with van der Waals surface area (Å²) in [5.74, 6) is 0.512. The number of benzene rings is 1. The molecule has 0 saturated carbocycles.